The van der Waals surface area contributed by atoms with Crippen LogP contribution in [0.5, 0.6) is 5.75 Å². The number of nitrogens with one attached hydrogen (secondary N) is 1. The van der Waals surface area contributed by atoms with Crippen molar-refractivity contribution in [3.05, 3.63) is 22.7 Å². The van der Waals surface area contributed by atoms with Crippen LogP contribution < -0.4 is 10.1 Å². The summed E-state index contributed by atoms with van der Waals surface area (Å²) in [5.41, 5.74) is 0.476. The number of carbonyl (C=O) groups is 1. The molecule has 0 saturated carbocycles. The van der Waals surface area contributed by atoms with Gasteiger partial charge in [-0.3, -0.25) is 4.79 Å². The Bertz CT molecular complexity index is 480. The van der Waals surface area contributed by atoms with E-state index < -0.39 is 12.3 Å². The molecule has 0 bridgehead atoms. The monoisotopic (exact) mass is 369 g/mol. The van der Waals surface area contributed by atoms with Gasteiger partial charge in [-0.25, -0.2) is 0 Å². The number of esters is 1. The standard InChI is InChI=1S/C13H15BrF3NO3/c1-2-3-6-20-12(19)8-18-9-4-5-11(10(14)7-9)21-13(15,16)17/h4-5,7,18H,2-3,6,8H2,1H3. The van der Waals surface area contributed by atoms with Gasteiger partial charge in [0.25, 0.3) is 0 Å². The summed E-state index contributed by atoms with van der Waals surface area (Å²) in [4.78, 5) is 11.4. The molecular formula is C13H15BrF3NO3. The Hall–Kier alpha value is -1.44. The molecule has 0 fully saturated rings. The summed E-state index contributed by atoms with van der Waals surface area (Å²) in [7, 11) is 0. The average molecular weight is 370 g/mol. The van der Waals surface area contributed by atoms with Gasteiger partial charge in [0.05, 0.1) is 11.1 Å². The second-order valence-corrected chi connectivity index (χ2v) is 4.97. The van der Waals surface area contributed by atoms with E-state index in [2.05, 4.69) is 26.0 Å². The van der Waals surface area contributed by atoms with Gasteiger partial charge in [-0.15, -0.1) is 13.2 Å². The van der Waals surface area contributed by atoms with Gasteiger partial charge >= 0.3 is 12.3 Å². The van der Waals surface area contributed by atoms with Crippen LogP contribution in [0.3, 0.4) is 0 Å². The first-order valence-electron chi connectivity index (χ1n) is 6.26. The summed E-state index contributed by atoms with van der Waals surface area (Å²) in [5, 5.41) is 2.76. The summed E-state index contributed by atoms with van der Waals surface area (Å²) < 4.78 is 45.2. The fourth-order valence-electron chi connectivity index (χ4n) is 1.37. The zero-order chi connectivity index (χ0) is 15.9. The molecule has 0 spiro atoms. The Labute approximate surface area is 128 Å². The molecule has 0 aliphatic heterocycles. The van der Waals surface area contributed by atoms with Crippen molar-refractivity contribution < 1.29 is 27.4 Å². The molecule has 1 aromatic carbocycles. The van der Waals surface area contributed by atoms with E-state index in [0.29, 0.717) is 12.3 Å². The Morgan fingerprint density at radius 1 is 1.38 bits per heavy atom. The molecule has 8 heteroatoms. The lowest BCUT2D eigenvalue weighted by Gasteiger charge is -2.12. The number of rotatable bonds is 7. The van der Waals surface area contributed by atoms with Gasteiger partial charge in [-0.2, -0.15) is 0 Å². The maximum absolute atomic E-state index is 12.1. The van der Waals surface area contributed by atoms with Gasteiger partial charge in [0.1, 0.15) is 12.3 Å². The largest absolute Gasteiger partial charge is 0.573 e. The Morgan fingerprint density at radius 3 is 2.67 bits per heavy atom. The first kappa shape index (κ1) is 17.6. The highest BCUT2D eigenvalue weighted by molar-refractivity contribution is 9.10. The van der Waals surface area contributed by atoms with Crippen LogP contribution in [0.2, 0.25) is 0 Å². The molecule has 0 amide bonds. The zero-order valence-electron chi connectivity index (χ0n) is 11.3. The third-order valence-electron chi connectivity index (χ3n) is 2.36. The molecule has 0 aliphatic carbocycles. The molecular weight excluding hydrogens is 355 g/mol. The first-order valence-corrected chi connectivity index (χ1v) is 7.06. The number of anilines is 1. The number of hydrogen-bond acceptors (Lipinski definition) is 4. The van der Waals surface area contributed by atoms with Crippen LogP contribution in [0.25, 0.3) is 0 Å². The van der Waals surface area contributed by atoms with Crippen molar-refractivity contribution in [1.29, 1.82) is 0 Å². The highest BCUT2D eigenvalue weighted by Crippen LogP contribution is 2.32. The summed E-state index contributed by atoms with van der Waals surface area (Å²) >= 11 is 2.98. The molecule has 0 unspecified atom stereocenters. The summed E-state index contributed by atoms with van der Waals surface area (Å²) in [5.74, 6) is -0.770. The van der Waals surface area contributed by atoms with Crippen molar-refractivity contribution in [2.45, 2.75) is 26.1 Å². The van der Waals surface area contributed by atoms with E-state index in [1.54, 1.807) is 0 Å². The van der Waals surface area contributed by atoms with Crippen LogP contribution in [-0.2, 0) is 9.53 Å². The Kier molecular flexibility index (Phi) is 6.80. The van der Waals surface area contributed by atoms with Crippen molar-refractivity contribution in [3.63, 3.8) is 0 Å². The van der Waals surface area contributed by atoms with Crippen LogP contribution >= 0.6 is 15.9 Å². The third-order valence-corrected chi connectivity index (χ3v) is 2.98. The number of alkyl halides is 3. The van der Waals surface area contributed by atoms with Crippen LogP contribution in [0, 0.1) is 0 Å². The normalized spacial score (nSPS) is 11.1. The van der Waals surface area contributed by atoms with Crippen LogP contribution in [0.15, 0.2) is 22.7 Å². The number of benzene rings is 1. The van der Waals surface area contributed by atoms with Crippen molar-refractivity contribution in [2.75, 3.05) is 18.5 Å². The molecule has 0 radical (unpaired) electrons. The molecule has 1 rings (SSSR count). The van der Waals surface area contributed by atoms with Crippen molar-refractivity contribution in [1.82, 2.24) is 0 Å². The lowest BCUT2D eigenvalue weighted by molar-refractivity contribution is -0.274. The van der Waals surface area contributed by atoms with E-state index in [1.165, 1.54) is 12.1 Å². The van der Waals surface area contributed by atoms with E-state index in [1.807, 2.05) is 6.92 Å². The SMILES string of the molecule is CCCCOC(=O)CNc1ccc(OC(F)(F)F)c(Br)c1. The molecule has 0 heterocycles. The van der Waals surface area contributed by atoms with Gasteiger partial charge in [0.15, 0.2) is 0 Å². The summed E-state index contributed by atoms with van der Waals surface area (Å²) in [6, 6.07) is 3.92. The van der Waals surface area contributed by atoms with Gasteiger partial charge < -0.3 is 14.8 Å². The van der Waals surface area contributed by atoms with Gasteiger partial charge in [0.2, 0.25) is 0 Å². The van der Waals surface area contributed by atoms with Gasteiger partial charge in [-0.1, -0.05) is 13.3 Å². The first-order chi connectivity index (χ1) is 9.81. The van der Waals surface area contributed by atoms with E-state index in [-0.39, 0.29) is 16.8 Å². The molecule has 0 saturated heterocycles. The highest BCUT2D eigenvalue weighted by Gasteiger charge is 2.31. The Morgan fingerprint density at radius 2 is 2.10 bits per heavy atom. The summed E-state index contributed by atoms with van der Waals surface area (Å²) in [6.45, 7) is 2.28. The number of unbranched alkanes of at least 4 members (excludes halogenated alkanes) is 1. The minimum Gasteiger partial charge on any atom is -0.464 e. The second-order valence-electron chi connectivity index (χ2n) is 4.12. The lowest BCUT2D eigenvalue weighted by Crippen LogP contribution is -2.18. The summed E-state index contributed by atoms with van der Waals surface area (Å²) in [6.07, 6.45) is -3.03. The quantitative estimate of drug-likeness (QED) is 0.580. The minimum atomic E-state index is -4.75. The molecule has 0 aromatic heterocycles. The predicted molar refractivity (Wildman–Crippen MR) is 75.2 cm³/mol. The maximum Gasteiger partial charge on any atom is 0.573 e. The molecule has 118 valence electrons. The molecule has 0 atom stereocenters. The van der Waals surface area contributed by atoms with Gasteiger partial charge in [0, 0.05) is 5.69 Å². The molecule has 1 aromatic rings. The second kappa shape index (κ2) is 8.11. The maximum atomic E-state index is 12.1. The lowest BCUT2D eigenvalue weighted by atomic mass is 10.3. The number of hydrogen-bond donors (Lipinski definition) is 1. The van der Waals surface area contributed by atoms with Crippen LogP contribution in [-0.4, -0.2) is 25.5 Å². The number of ether oxygens (including phenoxy) is 2. The zero-order valence-corrected chi connectivity index (χ0v) is 12.9. The van der Waals surface area contributed by atoms with Crippen molar-refractivity contribution >= 4 is 27.6 Å². The molecule has 1 N–H and O–H groups in total. The fraction of sp³-hybridized carbons (Fsp3) is 0.462. The highest BCUT2D eigenvalue weighted by atomic mass is 79.9. The Balaban J connectivity index is 2.50. The fourth-order valence-corrected chi connectivity index (χ4v) is 1.83. The molecule has 4 nitrogen and oxygen atoms in total. The number of halogens is 4. The smallest absolute Gasteiger partial charge is 0.464 e. The van der Waals surface area contributed by atoms with E-state index in [4.69, 9.17) is 4.74 Å². The van der Waals surface area contributed by atoms with E-state index in [0.717, 1.165) is 18.9 Å². The third kappa shape index (κ3) is 7.22. The topological polar surface area (TPSA) is 47.6 Å². The number of carbonyl (C=O) groups excluding carboxylic acids is 1. The minimum absolute atomic E-state index is 0.0599. The molecule has 0 aliphatic rings. The van der Waals surface area contributed by atoms with E-state index >= 15 is 0 Å². The van der Waals surface area contributed by atoms with E-state index in [9.17, 15) is 18.0 Å². The predicted octanol–water partition coefficient (Wildman–Crippen LogP) is 4.10. The van der Waals surface area contributed by atoms with Gasteiger partial charge in [-0.05, 0) is 40.5 Å². The average Bonchev–Trinajstić information content (AvgIpc) is 2.38. The van der Waals surface area contributed by atoms with Crippen molar-refractivity contribution in [2.24, 2.45) is 0 Å². The van der Waals surface area contributed by atoms with Crippen molar-refractivity contribution in [3.8, 4) is 5.75 Å². The van der Waals surface area contributed by atoms with Crippen LogP contribution in [0.4, 0.5) is 18.9 Å². The van der Waals surface area contributed by atoms with Crippen LogP contribution in [0.1, 0.15) is 19.8 Å². The molecule has 21 heavy (non-hydrogen) atoms.